The zero-order chi connectivity index (χ0) is 16.6. The Morgan fingerprint density at radius 3 is 1.62 bits per heavy atom. The molecule has 8 nitrogen and oxygen atoms in total. The fourth-order valence-electron chi connectivity index (χ4n) is 0.448. The average Bonchev–Trinajstić information content (AvgIpc) is 2.28. The normalized spacial score (nSPS) is 7.00. The van der Waals surface area contributed by atoms with Gasteiger partial charge in [-0.3, -0.25) is 4.98 Å². The van der Waals surface area contributed by atoms with E-state index in [0.717, 1.165) is 11.5 Å². The molecule has 120 valence electrons. The predicted molar refractivity (Wildman–Crippen MR) is 79.0 cm³/mol. The number of aromatic nitrogens is 1. The highest BCUT2D eigenvalue weighted by Crippen LogP contribution is 1.89. The molecule has 1 heterocycles. The zero-order valence-corrected chi connectivity index (χ0v) is 12.2. The number of carboxylic acid groups (broad SMARTS) is 4. The van der Waals surface area contributed by atoms with Gasteiger partial charge in [-0.2, -0.15) is 0 Å². The summed E-state index contributed by atoms with van der Waals surface area (Å²) >= 11 is 0. The van der Waals surface area contributed by atoms with Crippen LogP contribution < -0.4 is 6.15 Å². The summed E-state index contributed by atoms with van der Waals surface area (Å²) in [5, 5.41) is 27.9. The molecular weight excluding hydrogens is 280 g/mol. The first-order valence-corrected chi connectivity index (χ1v) is 5.33. The lowest BCUT2D eigenvalue weighted by Crippen LogP contribution is -1.81. The molecule has 0 amide bonds. The molecule has 0 unspecified atom stereocenters. The summed E-state index contributed by atoms with van der Waals surface area (Å²) in [5.41, 5.74) is 0.826. The van der Waals surface area contributed by atoms with Gasteiger partial charge in [0.1, 0.15) is 0 Å². The summed E-state index contributed by atoms with van der Waals surface area (Å²) in [6.07, 6.45) is 4.74. The van der Waals surface area contributed by atoms with Crippen molar-refractivity contribution >= 4 is 12.3 Å². The fourth-order valence-corrected chi connectivity index (χ4v) is 0.448. The van der Waals surface area contributed by atoms with Crippen LogP contribution in [0.4, 0.5) is 9.59 Å². The van der Waals surface area contributed by atoms with Gasteiger partial charge in [0, 0.05) is 18.0 Å². The van der Waals surface area contributed by atoms with E-state index in [9.17, 15) is 0 Å². The Hall–Kier alpha value is -2.79. The van der Waals surface area contributed by atoms with Gasteiger partial charge in [0.2, 0.25) is 0 Å². The second-order valence-corrected chi connectivity index (χ2v) is 3.68. The van der Waals surface area contributed by atoms with Gasteiger partial charge in [0.05, 0.1) is 0 Å². The van der Waals surface area contributed by atoms with E-state index in [0.29, 0.717) is 0 Å². The first-order valence-electron chi connectivity index (χ1n) is 5.33. The topological polar surface area (TPSA) is 163 Å². The average molecular weight is 302 g/mol. The standard InChI is InChI=1S/C7H5N.C4H10.2CH2O3.H3N/c1-2-7-4-3-5-8-6-7;1-4(2)3;2*2-1(3)4;/h1,3-6H;4H,1-3H3;2*(H2,2,3,4);1H3. The highest BCUT2D eigenvalue weighted by molar-refractivity contribution is 5.53. The Labute approximate surface area is 123 Å². The number of carbonyl (C=O) groups is 2. The Balaban J connectivity index is -0.0000000973. The molecule has 0 aliphatic carbocycles. The molecule has 8 heteroatoms. The van der Waals surface area contributed by atoms with Crippen LogP contribution in [0.25, 0.3) is 0 Å². The van der Waals surface area contributed by atoms with Crippen LogP contribution in [0.15, 0.2) is 24.5 Å². The SMILES string of the molecule is C#Cc1cccnc1.CC(C)C.N.O=C(O)O.O=C(O)O. The quantitative estimate of drug-likeness (QED) is 0.455. The summed E-state index contributed by atoms with van der Waals surface area (Å²) in [4.78, 5) is 20.9. The lowest BCUT2D eigenvalue weighted by molar-refractivity contribution is 0.135. The third-order valence-electron chi connectivity index (χ3n) is 0.828. The maximum absolute atomic E-state index is 8.56. The molecule has 0 atom stereocenters. The molecule has 0 saturated heterocycles. The van der Waals surface area contributed by atoms with E-state index in [4.69, 9.17) is 36.4 Å². The van der Waals surface area contributed by atoms with Crippen LogP contribution >= 0.6 is 0 Å². The molecule has 7 N–H and O–H groups in total. The zero-order valence-electron chi connectivity index (χ0n) is 12.2. The maximum atomic E-state index is 8.56. The number of hydrogen-bond acceptors (Lipinski definition) is 4. The Morgan fingerprint density at radius 2 is 1.48 bits per heavy atom. The van der Waals surface area contributed by atoms with Gasteiger partial charge in [0.25, 0.3) is 0 Å². The van der Waals surface area contributed by atoms with E-state index in [-0.39, 0.29) is 6.15 Å². The highest BCUT2D eigenvalue weighted by atomic mass is 16.6. The molecular formula is C13H22N2O6. The molecule has 1 aromatic rings. The summed E-state index contributed by atoms with van der Waals surface area (Å²) in [6.45, 7) is 6.50. The summed E-state index contributed by atoms with van der Waals surface area (Å²) in [6, 6.07) is 3.65. The first kappa shape index (κ1) is 26.7. The van der Waals surface area contributed by atoms with E-state index < -0.39 is 12.3 Å². The van der Waals surface area contributed by atoms with Crippen molar-refractivity contribution in [1.29, 1.82) is 0 Å². The minimum atomic E-state index is -1.83. The van der Waals surface area contributed by atoms with Crippen molar-refractivity contribution < 1.29 is 30.0 Å². The molecule has 0 aliphatic rings. The van der Waals surface area contributed by atoms with Crippen LogP contribution in [0.5, 0.6) is 0 Å². The molecule has 0 saturated carbocycles. The van der Waals surface area contributed by atoms with Gasteiger partial charge >= 0.3 is 12.3 Å². The second-order valence-electron chi connectivity index (χ2n) is 3.68. The van der Waals surface area contributed by atoms with Crippen molar-refractivity contribution in [3.8, 4) is 12.3 Å². The summed E-state index contributed by atoms with van der Waals surface area (Å²) < 4.78 is 0. The second kappa shape index (κ2) is 19.5. The number of terminal acetylenes is 1. The van der Waals surface area contributed by atoms with Crippen molar-refractivity contribution in [3.05, 3.63) is 30.1 Å². The van der Waals surface area contributed by atoms with E-state index in [2.05, 4.69) is 31.7 Å². The molecule has 0 aliphatic heterocycles. The van der Waals surface area contributed by atoms with Gasteiger partial charge in [-0.25, -0.2) is 9.59 Å². The lowest BCUT2D eigenvalue weighted by atomic mass is 10.3. The lowest BCUT2D eigenvalue weighted by Gasteiger charge is -1.81. The summed E-state index contributed by atoms with van der Waals surface area (Å²) in [7, 11) is 0. The third kappa shape index (κ3) is 76.6. The Morgan fingerprint density at radius 1 is 1.14 bits per heavy atom. The molecule has 0 bridgehead atoms. The number of hydrogen-bond donors (Lipinski definition) is 5. The minimum Gasteiger partial charge on any atom is -0.450 e. The molecule has 21 heavy (non-hydrogen) atoms. The number of pyridine rings is 1. The van der Waals surface area contributed by atoms with Crippen molar-refractivity contribution in [3.63, 3.8) is 0 Å². The molecule has 0 radical (unpaired) electrons. The van der Waals surface area contributed by atoms with Crippen LogP contribution in [0.2, 0.25) is 0 Å². The van der Waals surface area contributed by atoms with Crippen LogP contribution in [-0.4, -0.2) is 37.7 Å². The van der Waals surface area contributed by atoms with E-state index in [1.54, 1.807) is 12.4 Å². The highest BCUT2D eigenvalue weighted by Gasteiger charge is 1.77. The van der Waals surface area contributed by atoms with Crippen molar-refractivity contribution in [2.45, 2.75) is 20.8 Å². The Kier molecular flexibility index (Phi) is 24.9. The van der Waals surface area contributed by atoms with Gasteiger partial charge in [0.15, 0.2) is 0 Å². The minimum absolute atomic E-state index is 0. The molecule has 0 fully saturated rings. The van der Waals surface area contributed by atoms with Crippen LogP contribution in [0.1, 0.15) is 26.3 Å². The van der Waals surface area contributed by atoms with Crippen molar-refractivity contribution in [1.82, 2.24) is 11.1 Å². The first-order chi connectivity index (χ1) is 9.13. The number of nitrogens with zero attached hydrogens (tertiary/aromatic N) is 1. The smallest absolute Gasteiger partial charge is 0.450 e. The van der Waals surface area contributed by atoms with Crippen LogP contribution in [-0.2, 0) is 0 Å². The monoisotopic (exact) mass is 302 g/mol. The molecule has 1 aromatic heterocycles. The largest absolute Gasteiger partial charge is 0.503 e. The van der Waals surface area contributed by atoms with E-state index >= 15 is 0 Å². The van der Waals surface area contributed by atoms with Crippen LogP contribution in [0, 0.1) is 18.3 Å². The van der Waals surface area contributed by atoms with Gasteiger partial charge in [-0.1, -0.05) is 26.7 Å². The van der Waals surface area contributed by atoms with Crippen LogP contribution in [0.3, 0.4) is 0 Å². The molecule has 1 rings (SSSR count). The van der Waals surface area contributed by atoms with E-state index in [1.807, 2.05) is 12.1 Å². The van der Waals surface area contributed by atoms with E-state index in [1.165, 1.54) is 0 Å². The number of rotatable bonds is 0. The van der Waals surface area contributed by atoms with Gasteiger partial charge < -0.3 is 26.6 Å². The van der Waals surface area contributed by atoms with Crippen molar-refractivity contribution in [2.75, 3.05) is 0 Å². The Bertz CT molecular complexity index is 378. The fraction of sp³-hybridized carbons (Fsp3) is 0.308. The van der Waals surface area contributed by atoms with Gasteiger partial charge in [-0.05, 0) is 18.1 Å². The molecule has 0 spiro atoms. The maximum Gasteiger partial charge on any atom is 0.503 e. The molecule has 0 aromatic carbocycles. The summed E-state index contributed by atoms with van der Waals surface area (Å²) in [5.74, 6) is 3.30. The predicted octanol–water partition coefficient (Wildman–Crippen LogP) is 3.33. The third-order valence-corrected chi connectivity index (χ3v) is 0.828. The van der Waals surface area contributed by atoms with Crippen molar-refractivity contribution in [2.24, 2.45) is 5.92 Å². The van der Waals surface area contributed by atoms with Gasteiger partial charge in [-0.15, -0.1) is 6.42 Å².